The minimum Gasteiger partial charge on any atom is -0.320 e. The minimum atomic E-state index is -0.465. The minimum absolute atomic E-state index is 0.142. The molecule has 1 aromatic rings. The summed E-state index contributed by atoms with van der Waals surface area (Å²) in [6.07, 6.45) is 2.45. The highest BCUT2D eigenvalue weighted by atomic mass is 32.1. The van der Waals surface area contributed by atoms with Gasteiger partial charge in [0.05, 0.1) is 11.7 Å². The zero-order valence-electron chi connectivity index (χ0n) is 9.56. The van der Waals surface area contributed by atoms with Crippen molar-refractivity contribution in [2.45, 2.75) is 38.6 Å². The van der Waals surface area contributed by atoms with Crippen LogP contribution in [0.4, 0.5) is 5.13 Å². The molecule has 0 bridgehead atoms. The second-order valence-corrected chi connectivity index (χ2v) is 5.47. The first-order valence-corrected chi connectivity index (χ1v) is 6.47. The van der Waals surface area contributed by atoms with Gasteiger partial charge in [-0.05, 0) is 18.8 Å². The van der Waals surface area contributed by atoms with Gasteiger partial charge >= 0.3 is 0 Å². The van der Waals surface area contributed by atoms with Crippen molar-refractivity contribution in [2.24, 2.45) is 11.7 Å². The van der Waals surface area contributed by atoms with E-state index in [1.54, 1.807) is 0 Å². The number of thiazole rings is 1. The van der Waals surface area contributed by atoms with E-state index in [9.17, 15) is 4.79 Å². The first-order chi connectivity index (χ1) is 7.58. The number of amides is 1. The van der Waals surface area contributed by atoms with Gasteiger partial charge in [0, 0.05) is 11.3 Å². The number of carbonyl (C=O) groups is 1. The van der Waals surface area contributed by atoms with Crippen LogP contribution in [0.15, 0.2) is 5.38 Å². The third-order valence-electron chi connectivity index (χ3n) is 2.77. The summed E-state index contributed by atoms with van der Waals surface area (Å²) in [4.78, 5) is 16.1. The van der Waals surface area contributed by atoms with Crippen molar-refractivity contribution in [1.29, 1.82) is 0 Å². The summed E-state index contributed by atoms with van der Waals surface area (Å²) in [5, 5.41) is 5.46. The third-order valence-corrected chi connectivity index (χ3v) is 3.54. The predicted molar refractivity (Wildman–Crippen MR) is 65.5 cm³/mol. The van der Waals surface area contributed by atoms with Gasteiger partial charge in [-0.3, -0.25) is 4.79 Å². The summed E-state index contributed by atoms with van der Waals surface area (Å²) in [5.41, 5.74) is 6.86. The molecule has 1 aromatic heterocycles. The number of hydrogen-bond acceptors (Lipinski definition) is 4. The van der Waals surface area contributed by atoms with Crippen molar-refractivity contribution >= 4 is 22.4 Å². The number of nitrogens with two attached hydrogens (primary N) is 1. The van der Waals surface area contributed by atoms with E-state index in [0.29, 0.717) is 11.0 Å². The molecular weight excluding hydrogens is 222 g/mol. The average Bonchev–Trinajstić information content (AvgIpc) is 2.99. The quantitative estimate of drug-likeness (QED) is 0.843. The second kappa shape index (κ2) is 4.51. The molecule has 1 aliphatic rings. The lowest BCUT2D eigenvalue weighted by molar-refractivity contribution is -0.118. The summed E-state index contributed by atoms with van der Waals surface area (Å²) in [5.74, 6) is 0.621. The molecule has 0 aromatic carbocycles. The van der Waals surface area contributed by atoms with Crippen molar-refractivity contribution < 1.29 is 4.79 Å². The molecule has 1 fully saturated rings. The summed E-state index contributed by atoms with van der Waals surface area (Å²) in [7, 11) is 0. The Hall–Kier alpha value is -0.940. The fourth-order valence-corrected chi connectivity index (χ4v) is 2.20. The van der Waals surface area contributed by atoms with E-state index in [-0.39, 0.29) is 11.8 Å². The van der Waals surface area contributed by atoms with Gasteiger partial charge in [0.2, 0.25) is 5.91 Å². The molecule has 0 radical (unpaired) electrons. The van der Waals surface area contributed by atoms with E-state index in [1.165, 1.54) is 24.2 Å². The number of nitrogens with zero attached hydrogens (tertiary/aromatic N) is 1. The number of nitrogens with one attached hydrogen (secondary N) is 1. The molecule has 0 aliphatic heterocycles. The average molecular weight is 239 g/mol. The Morgan fingerprint density at radius 1 is 1.62 bits per heavy atom. The summed E-state index contributed by atoms with van der Waals surface area (Å²) >= 11 is 1.48. The Morgan fingerprint density at radius 2 is 2.31 bits per heavy atom. The molecule has 0 unspecified atom stereocenters. The number of anilines is 1. The molecule has 5 heteroatoms. The highest BCUT2D eigenvalue weighted by Crippen LogP contribution is 2.40. The van der Waals surface area contributed by atoms with Gasteiger partial charge in [-0.15, -0.1) is 11.3 Å². The van der Waals surface area contributed by atoms with Crippen LogP contribution in [-0.2, 0) is 4.79 Å². The van der Waals surface area contributed by atoms with Crippen LogP contribution in [0, 0.1) is 5.92 Å². The predicted octanol–water partition coefficient (Wildman–Crippen LogP) is 1.94. The van der Waals surface area contributed by atoms with Crippen LogP contribution in [0.3, 0.4) is 0 Å². The molecular formula is C11H17N3OS. The lowest BCUT2D eigenvalue weighted by Gasteiger charge is -2.13. The van der Waals surface area contributed by atoms with Crippen LogP contribution in [0.1, 0.15) is 38.3 Å². The largest absolute Gasteiger partial charge is 0.320 e. The fourth-order valence-electron chi connectivity index (χ4n) is 1.40. The SMILES string of the molecule is CC(C)[C@H](N)C(=O)Nc1nc(C2CC2)cs1. The Morgan fingerprint density at radius 3 is 2.88 bits per heavy atom. The summed E-state index contributed by atoms with van der Waals surface area (Å²) in [6.45, 7) is 3.86. The maximum atomic E-state index is 11.7. The van der Waals surface area contributed by atoms with Crippen molar-refractivity contribution in [3.63, 3.8) is 0 Å². The van der Waals surface area contributed by atoms with E-state index >= 15 is 0 Å². The molecule has 2 rings (SSSR count). The lowest BCUT2D eigenvalue weighted by Crippen LogP contribution is -2.39. The maximum Gasteiger partial charge on any atom is 0.243 e. The molecule has 16 heavy (non-hydrogen) atoms. The second-order valence-electron chi connectivity index (χ2n) is 4.61. The van der Waals surface area contributed by atoms with E-state index < -0.39 is 6.04 Å². The van der Waals surface area contributed by atoms with E-state index in [2.05, 4.69) is 10.3 Å². The van der Waals surface area contributed by atoms with Gasteiger partial charge in [-0.2, -0.15) is 0 Å². The van der Waals surface area contributed by atoms with Gasteiger partial charge in [0.25, 0.3) is 0 Å². The van der Waals surface area contributed by atoms with Crippen molar-refractivity contribution in [3.8, 4) is 0 Å². The Labute approximate surface area is 99.3 Å². The maximum absolute atomic E-state index is 11.7. The van der Waals surface area contributed by atoms with E-state index in [1.807, 2.05) is 19.2 Å². The van der Waals surface area contributed by atoms with Gasteiger partial charge in [0.1, 0.15) is 0 Å². The Balaban J connectivity index is 1.94. The number of hydrogen-bond donors (Lipinski definition) is 2. The van der Waals surface area contributed by atoms with Crippen LogP contribution < -0.4 is 11.1 Å². The normalized spacial score (nSPS) is 17.5. The molecule has 1 aliphatic carbocycles. The monoisotopic (exact) mass is 239 g/mol. The Kier molecular flexibility index (Phi) is 3.25. The van der Waals surface area contributed by atoms with Crippen LogP contribution >= 0.6 is 11.3 Å². The van der Waals surface area contributed by atoms with Gasteiger partial charge in [-0.25, -0.2) is 4.98 Å². The fraction of sp³-hybridized carbons (Fsp3) is 0.636. The van der Waals surface area contributed by atoms with Crippen LogP contribution in [0.2, 0.25) is 0 Å². The first-order valence-electron chi connectivity index (χ1n) is 5.60. The smallest absolute Gasteiger partial charge is 0.243 e. The molecule has 1 amide bonds. The third kappa shape index (κ3) is 2.59. The van der Waals surface area contributed by atoms with Crippen LogP contribution in [0.25, 0.3) is 0 Å². The molecule has 0 saturated heterocycles. The number of aromatic nitrogens is 1. The zero-order valence-corrected chi connectivity index (χ0v) is 10.4. The molecule has 4 nitrogen and oxygen atoms in total. The molecule has 88 valence electrons. The highest BCUT2D eigenvalue weighted by molar-refractivity contribution is 7.13. The van der Waals surface area contributed by atoms with Gasteiger partial charge in [-0.1, -0.05) is 13.8 Å². The molecule has 0 spiro atoms. The molecule has 1 saturated carbocycles. The zero-order chi connectivity index (χ0) is 11.7. The lowest BCUT2D eigenvalue weighted by atomic mass is 10.1. The summed E-state index contributed by atoms with van der Waals surface area (Å²) in [6, 6.07) is -0.465. The van der Waals surface area contributed by atoms with Crippen molar-refractivity contribution in [2.75, 3.05) is 5.32 Å². The first kappa shape index (κ1) is 11.5. The topological polar surface area (TPSA) is 68.0 Å². The van der Waals surface area contributed by atoms with E-state index in [4.69, 9.17) is 5.73 Å². The van der Waals surface area contributed by atoms with Gasteiger partial charge in [0.15, 0.2) is 5.13 Å². The van der Waals surface area contributed by atoms with Gasteiger partial charge < -0.3 is 11.1 Å². The molecule has 1 atom stereocenters. The molecule has 1 heterocycles. The van der Waals surface area contributed by atoms with Crippen molar-refractivity contribution in [1.82, 2.24) is 4.98 Å². The number of rotatable bonds is 4. The summed E-state index contributed by atoms with van der Waals surface area (Å²) < 4.78 is 0. The highest BCUT2D eigenvalue weighted by Gasteiger charge is 2.26. The Bertz CT molecular complexity index is 384. The van der Waals surface area contributed by atoms with Crippen LogP contribution in [-0.4, -0.2) is 16.9 Å². The number of carbonyl (C=O) groups excluding carboxylic acids is 1. The molecule has 3 N–H and O–H groups in total. The standard InChI is InChI=1S/C11H17N3OS/c1-6(2)9(12)10(15)14-11-13-8(5-16-11)7-3-4-7/h5-7,9H,3-4,12H2,1-2H3,(H,13,14,15)/t9-/m0/s1. The van der Waals surface area contributed by atoms with Crippen LogP contribution in [0.5, 0.6) is 0 Å². The van der Waals surface area contributed by atoms with Crippen molar-refractivity contribution in [3.05, 3.63) is 11.1 Å². The van der Waals surface area contributed by atoms with E-state index in [0.717, 1.165) is 5.69 Å².